The highest BCUT2D eigenvalue weighted by molar-refractivity contribution is 8.00. The largest absolute Gasteiger partial charge is 0.481 e. The number of pyridine rings is 2. The average Bonchev–Trinajstić information content (AvgIpc) is 2.91. The standard InChI is InChI=1S/C26H29N5O4S/c1-34-23-6-4-18-25(30-23)19(7-10-27-18)29-26(33)17-9-12-31(24(14-17)35-2)11-8-16-3-5-21-20(13-16)28-22(32)15-36-21/h3-7,10,13,17,24H,8-9,11-12,14-15H2,1-2H3,(H,28,32)(H,27,29,33)/t17?,24-/m1/s1. The summed E-state index contributed by atoms with van der Waals surface area (Å²) in [4.78, 5) is 37.1. The molecule has 0 radical (unpaired) electrons. The van der Waals surface area contributed by atoms with Crippen LogP contribution in [-0.2, 0) is 20.7 Å². The van der Waals surface area contributed by atoms with Crippen LogP contribution in [0.2, 0.25) is 0 Å². The molecule has 5 rings (SSSR count). The number of thioether (sulfide) groups is 1. The number of amides is 2. The van der Waals surface area contributed by atoms with Crippen LogP contribution in [0.3, 0.4) is 0 Å². The lowest BCUT2D eigenvalue weighted by Crippen LogP contribution is -2.47. The number of likely N-dealkylation sites (tertiary alicyclic amines) is 1. The number of carbonyl (C=O) groups excluding carboxylic acids is 2. The first-order valence-electron chi connectivity index (χ1n) is 12.0. The SMILES string of the molecule is COc1ccc2nccc(NC(=O)C3CCN(CCc4ccc5c(c4)NC(=O)CS5)[C@H](OC)C3)c2n1. The molecule has 2 aromatic heterocycles. The van der Waals surface area contributed by atoms with Crippen LogP contribution in [0, 0.1) is 5.92 Å². The molecular weight excluding hydrogens is 478 g/mol. The van der Waals surface area contributed by atoms with Crippen LogP contribution >= 0.6 is 11.8 Å². The van der Waals surface area contributed by atoms with Gasteiger partial charge in [-0.25, -0.2) is 4.98 Å². The zero-order chi connectivity index (χ0) is 25.1. The van der Waals surface area contributed by atoms with Gasteiger partial charge in [0, 0.05) is 43.3 Å². The topological polar surface area (TPSA) is 106 Å². The van der Waals surface area contributed by atoms with Crippen molar-refractivity contribution in [1.82, 2.24) is 14.9 Å². The molecule has 0 saturated carbocycles. The Bertz CT molecular complexity index is 1290. The van der Waals surface area contributed by atoms with Gasteiger partial charge in [-0.2, -0.15) is 0 Å². The third-order valence-electron chi connectivity index (χ3n) is 6.69. The molecule has 0 aliphatic carbocycles. The number of fused-ring (bicyclic) bond motifs is 2. The fraction of sp³-hybridized carbons (Fsp3) is 0.385. The number of hydrogen-bond donors (Lipinski definition) is 2. The van der Waals surface area contributed by atoms with Crippen LogP contribution in [0.15, 0.2) is 47.5 Å². The fourth-order valence-electron chi connectivity index (χ4n) is 4.73. The Balaban J connectivity index is 1.21. The number of ether oxygens (including phenoxy) is 2. The van der Waals surface area contributed by atoms with Gasteiger partial charge >= 0.3 is 0 Å². The Morgan fingerprint density at radius 3 is 2.97 bits per heavy atom. The van der Waals surface area contributed by atoms with Crippen molar-refractivity contribution in [3.8, 4) is 5.88 Å². The molecule has 1 unspecified atom stereocenters. The molecule has 2 atom stereocenters. The van der Waals surface area contributed by atoms with E-state index in [2.05, 4.69) is 43.7 Å². The number of nitrogens with one attached hydrogen (secondary N) is 2. The monoisotopic (exact) mass is 507 g/mol. The molecule has 2 aliphatic rings. The fourth-order valence-corrected chi connectivity index (χ4v) is 5.52. The molecule has 4 heterocycles. The lowest BCUT2D eigenvalue weighted by molar-refractivity contribution is -0.127. The summed E-state index contributed by atoms with van der Waals surface area (Å²) in [5.41, 5.74) is 3.98. The predicted octanol–water partition coefficient (Wildman–Crippen LogP) is 3.55. The number of methoxy groups -OCH3 is 2. The lowest BCUT2D eigenvalue weighted by atomic mass is 9.94. The first-order valence-corrected chi connectivity index (χ1v) is 13.0. The molecule has 1 fully saturated rings. The smallest absolute Gasteiger partial charge is 0.234 e. The highest BCUT2D eigenvalue weighted by atomic mass is 32.2. The van der Waals surface area contributed by atoms with Gasteiger partial charge < -0.3 is 20.1 Å². The Morgan fingerprint density at radius 1 is 1.25 bits per heavy atom. The quantitative estimate of drug-likeness (QED) is 0.500. The van der Waals surface area contributed by atoms with Crippen LogP contribution in [0.25, 0.3) is 11.0 Å². The lowest BCUT2D eigenvalue weighted by Gasteiger charge is -2.38. The number of carbonyl (C=O) groups is 2. The zero-order valence-corrected chi connectivity index (χ0v) is 21.1. The second-order valence-electron chi connectivity index (χ2n) is 8.93. The molecule has 0 spiro atoms. The number of nitrogens with zero attached hydrogens (tertiary/aromatic N) is 3. The van der Waals surface area contributed by atoms with Crippen LogP contribution in [0.1, 0.15) is 18.4 Å². The van der Waals surface area contributed by atoms with Crippen molar-refractivity contribution < 1.29 is 19.1 Å². The maximum absolute atomic E-state index is 13.2. The maximum Gasteiger partial charge on any atom is 0.234 e. The van der Waals surface area contributed by atoms with Crippen molar-refractivity contribution in [3.05, 3.63) is 48.2 Å². The number of aromatic nitrogens is 2. The van der Waals surface area contributed by atoms with Crippen LogP contribution in [-0.4, -0.2) is 66.0 Å². The molecule has 36 heavy (non-hydrogen) atoms. The van der Waals surface area contributed by atoms with Crippen molar-refractivity contribution >= 4 is 46.0 Å². The molecule has 2 aliphatic heterocycles. The van der Waals surface area contributed by atoms with E-state index >= 15 is 0 Å². The summed E-state index contributed by atoms with van der Waals surface area (Å²) in [5.74, 6) is 0.762. The van der Waals surface area contributed by atoms with Gasteiger partial charge in [0.25, 0.3) is 0 Å². The zero-order valence-electron chi connectivity index (χ0n) is 20.3. The van der Waals surface area contributed by atoms with E-state index in [4.69, 9.17) is 9.47 Å². The van der Waals surface area contributed by atoms with E-state index in [0.29, 0.717) is 34.8 Å². The molecule has 2 amide bonds. The van der Waals surface area contributed by atoms with Crippen LogP contribution in [0.4, 0.5) is 11.4 Å². The van der Waals surface area contributed by atoms with Gasteiger partial charge in [-0.05, 0) is 49.1 Å². The van der Waals surface area contributed by atoms with Crippen molar-refractivity contribution in [2.75, 3.05) is 43.7 Å². The minimum absolute atomic E-state index is 0.0409. The van der Waals surface area contributed by atoms with Gasteiger partial charge in [0.15, 0.2) is 0 Å². The first-order chi connectivity index (χ1) is 17.5. The second kappa shape index (κ2) is 10.8. The van der Waals surface area contributed by atoms with E-state index in [-0.39, 0.29) is 24.0 Å². The van der Waals surface area contributed by atoms with E-state index in [0.717, 1.165) is 36.5 Å². The van der Waals surface area contributed by atoms with Gasteiger partial charge in [0.1, 0.15) is 11.7 Å². The number of rotatable bonds is 7. The van der Waals surface area contributed by atoms with Crippen molar-refractivity contribution in [1.29, 1.82) is 0 Å². The molecule has 1 aromatic carbocycles. The van der Waals surface area contributed by atoms with Gasteiger partial charge in [0.2, 0.25) is 17.7 Å². The maximum atomic E-state index is 13.2. The highest BCUT2D eigenvalue weighted by Crippen LogP contribution is 2.32. The van der Waals surface area contributed by atoms with E-state index in [1.807, 2.05) is 6.07 Å². The number of piperidine rings is 1. The Kier molecular flexibility index (Phi) is 7.35. The van der Waals surface area contributed by atoms with E-state index in [1.165, 1.54) is 5.56 Å². The molecule has 188 valence electrons. The Morgan fingerprint density at radius 2 is 2.14 bits per heavy atom. The second-order valence-corrected chi connectivity index (χ2v) is 9.95. The number of anilines is 2. The number of benzene rings is 1. The minimum atomic E-state index is -0.170. The molecule has 3 aromatic rings. The summed E-state index contributed by atoms with van der Waals surface area (Å²) in [5, 5.41) is 6.00. The number of hydrogen-bond acceptors (Lipinski definition) is 8. The summed E-state index contributed by atoms with van der Waals surface area (Å²) >= 11 is 1.57. The Labute approximate surface area is 214 Å². The van der Waals surface area contributed by atoms with E-state index < -0.39 is 0 Å². The molecular formula is C26H29N5O4S. The summed E-state index contributed by atoms with van der Waals surface area (Å²) in [7, 11) is 3.25. The minimum Gasteiger partial charge on any atom is -0.481 e. The summed E-state index contributed by atoms with van der Waals surface area (Å²) < 4.78 is 11.0. The normalized spacial score (nSPS) is 20.0. The average molecular weight is 508 g/mol. The summed E-state index contributed by atoms with van der Waals surface area (Å²) in [6, 6.07) is 11.6. The third-order valence-corrected chi connectivity index (χ3v) is 7.76. The van der Waals surface area contributed by atoms with Gasteiger partial charge in [-0.3, -0.25) is 19.5 Å². The van der Waals surface area contributed by atoms with E-state index in [1.54, 1.807) is 44.3 Å². The first kappa shape index (κ1) is 24.5. The Hall–Kier alpha value is -3.21. The molecule has 9 nitrogen and oxygen atoms in total. The van der Waals surface area contributed by atoms with Crippen molar-refractivity contribution in [3.63, 3.8) is 0 Å². The summed E-state index contributed by atoms with van der Waals surface area (Å²) in [6.45, 7) is 1.57. The third kappa shape index (κ3) is 5.30. The van der Waals surface area contributed by atoms with Crippen molar-refractivity contribution in [2.24, 2.45) is 5.92 Å². The molecule has 2 N–H and O–H groups in total. The molecule has 1 saturated heterocycles. The van der Waals surface area contributed by atoms with Crippen molar-refractivity contribution in [2.45, 2.75) is 30.4 Å². The molecule has 10 heteroatoms. The van der Waals surface area contributed by atoms with E-state index in [9.17, 15) is 9.59 Å². The highest BCUT2D eigenvalue weighted by Gasteiger charge is 2.32. The molecule has 0 bridgehead atoms. The van der Waals surface area contributed by atoms with Gasteiger partial charge in [-0.15, -0.1) is 11.8 Å². The van der Waals surface area contributed by atoms with Gasteiger partial charge in [0.05, 0.1) is 29.8 Å². The van der Waals surface area contributed by atoms with Crippen LogP contribution in [0.5, 0.6) is 5.88 Å². The summed E-state index contributed by atoms with van der Waals surface area (Å²) in [6.07, 6.45) is 3.70. The van der Waals surface area contributed by atoms with Gasteiger partial charge in [-0.1, -0.05) is 6.07 Å². The van der Waals surface area contributed by atoms with Crippen LogP contribution < -0.4 is 15.4 Å². The predicted molar refractivity (Wildman–Crippen MR) is 139 cm³/mol.